The fraction of sp³-hybridized carbons (Fsp3) is 0.500. The van der Waals surface area contributed by atoms with E-state index in [1.165, 1.54) is 32.8 Å². The predicted molar refractivity (Wildman–Crippen MR) is 115 cm³/mol. The number of aryl methyl sites for hydroxylation is 3. The topological polar surface area (TPSA) is 126 Å². The molecule has 30 heavy (non-hydrogen) atoms. The van der Waals surface area contributed by atoms with Crippen LogP contribution in [0.1, 0.15) is 36.5 Å². The lowest BCUT2D eigenvalue weighted by atomic mass is 9.76. The number of anilines is 2. The Morgan fingerprint density at radius 3 is 2.53 bits per heavy atom. The summed E-state index contributed by atoms with van der Waals surface area (Å²) in [6, 6.07) is 1.84. The van der Waals surface area contributed by atoms with Gasteiger partial charge in [-0.25, -0.2) is 4.79 Å². The number of aromatic nitrogens is 2. The molecule has 1 aliphatic heterocycles. The van der Waals surface area contributed by atoms with Gasteiger partial charge in [0.2, 0.25) is 0 Å². The molecule has 3 aliphatic rings. The first kappa shape index (κ1) is 20.8. The molecule has 1 fully saturated rings. The van der Waals surface area contributed by atoms with E-state index in [9.17, 15) is 13.6 Å². The number of nitrogens with one attached hydrogen (secondary N) is 1. The largest absolute Gasteiger partial charge is 0.755 e. The number of fused-ring (bicyclic) bond motifs is 2. The van der Waals surface area contributed by atoms with E-state index in [0.717, 1.165) is 50.8 Å². The number of ether oxygens (including phenoxy) is 1. The van der Waals surface area contributed by atoms with Crippen LogP contribution in [0.3, 0.4) is 0 Å². The second-order valence-corrected chi connectivity index (χ2v) is 8.68. The highest BCUT2D eigenvalue weighted by atomic mass is 32.2. The van der Waals surface area contributed by atoms with Gasteiger partial charge in [0.25, 0.3) is 0 Å². The van der Waals surface area contributed by atoms with E-state index in [2.05, 4.69) is 16.5 Å². The molecule has 0 saturated carbocycles. The Kier molecular flexibility index (Phi) is 6.07. The van der Waals surface area contributed by atoms with Crippen molar-refractivity contribution in [2.45, 2.75) is 44.6 Å². The summed E-state index contributed by atoms with van der Waals surface area (Å²) >= 11 is -2.29. The van der Waals surface area contributed by atoms with Crippen molar-refractivity contribution in [2.24, 2.45) is 12.8 Å². The van der Waals surface area contributed by atoms with Crippen molar-refractivity contribution in [3.05, 3.63) is 40.7 Å². The van der Waals surface area contributed by atoms with Gasteiger partial charge in [0, 0.05) is 38.2 Å². The third kappa shape index (κ3) is 4.35. The van der Waals surface area contributed by atoms with Gasteiger partial charge in [-0.1, -0.05) is 6.07 Å². The van der Waals surface area contributed by atoms with E-state index in [4.69, 9.17) is 10.5 Å². The molecule has 2 atom stereocenters. The zero-order valence-electron chi connectivity index (χ0n) is 16.9. The van der Waals surface area contributed by atoms with Crippen LogP contribution < -0.4 is 15.4 Å². The number of hydrogen-bond donors (Lipinski definition) is 2. The monoisotopic (exact) mass is 434 g/mol. The zero-order valence-corrected chi connectivity index (χ0v) is 17.7. The van der Waals surface area contributed by atoms with Gasteiger partial charge in [-0.2, -0.15) is 5.10 Å². The van der Waals surface area contributed by atoms with Crippen LogP contribution in [0.5, 0.6) is 0 Å². The maximum Gasteiger partial charge on any atom is 0.316 e. The summed E-state index contributed by atoms with van der Waals surface area (Å²) in [6.45, 7) is 1.08. The van der Waals surface area contributed by atoms with E-state index in [1.54, 1.807) is 17.9 Å². The molecule has 164 valence electrons. The summed E-state index contributed by atoms with van der Waals surface area (Å²) in [7, 11) is 1.75. The van der Waals surface area contributed by atoms with Gasteiger partial charge in [0.1, 0.15) is 0 Å². The van der Waals surface area contributed by atoms with E-state index < -0.39 is 17.3 Å². The Morgan fingerprint density at radius 1 is 1.40 bits per heavy atom. The fourth-order valence-electron chi connectivity index (χ4n) is 4.11. The molecule has 1 aromatic heterocycles. The average Bonchev–Trinajstić information content (AvgIpc) is 3.28. The van der Waals surface area contributed by atoms with Crippen molar-refractivity contribution < 1.29 is 19.7 Å². The number of carbonyl (C=O) groups excluding carboxylic acids is 1. The van der Waals surface area contributed by atoms with E-state index in [1.807, 2.05) is 0 Å². The number of carbonyl (C=O) groups is 1. The summed E-state index contributed by atoms with van der Waals surface area (Å²) in [4.78, 5) is 10.9. The number of amides is 2. The first-order valence-corrected chi connectivity index (χ1v) is 11.2. The van der Waals surface area contributed by atoms with Gasteiger partial charge in [0.15, 0.2) is 0 Å². The molecule has 1 saturated heterocycles. The Hall–Kier alpha value is -2.43. The van der Waals surface area contributed by atoms with Gasteiger partial charge in [-0.3, -0.25) is 13.2 Å². The first-order valence-electron chi connectivity index (χ1n) is 10.1. The van der Waals surface area contributed by atoms with Gasteiger partial charge in [-0.05, 0) is 60.8 Å². The molecule has 2 amide bonds. The summed E-state index contributed by atoms with van der Waals surface area (Å²) < 4.78 is 30.5. The standard InChI is InChI=1S/C11H12N2O.C9H15N3O3S.H2/c12-11(14)13-10-8-3-1-6(8)5-7-2-4-9(7)10;1-11-6-8(5-10-11)12(16(13)14)7-9-3-2-4-15-9;/h5H,1-4H2,(H3,12,13,14);5-6,9H,2-4,7H2,1H3,(H,13,14);1H/p-1. The Labute approximate surface area is 179 Å². The van der Waals surface area contributed by atoms with Crippen molar-refractivity contribution in [2.75, 3.05) is 22.8 Å². The molecule has 3 N–H and O–H groups in total. The first-order chi connectivity index (χ1) is 14.4. The number of hydrogen-bond acceptors (Lipinski definition) is 5. The van der Waals surface area contributed by atoms with Crippen LogP contribution in [0, 0.1) is 0 Å². The fourth-order valence-corrected chi connectivity index (χ4v) is 4.66. The number of primary amides is 1. The molecular formula is C20H28N5O4S-. The summed E-state index contributed by atoms with van der Waals surface area (Å²) in [5, 5.41) is 6.72. The SMILES string of the molecule is Cn1cc(N(CC2CCCO2)S(=O)[O-])cn1.NC(=O)Nc1c2c(cc3c1CC3)CC2.[HH]. The molecular weight excluding hydrogens is 406 g/mol. The van der Waals surface area contributed by atoms with Crippen LogP contribution in [0.4, 0.5) is 16.2 Å². The van der Waals surface area contributed by atoms with Gasteiger partial charge in [0.05, 0.1) is 24.5 Å². The molecule has 2 aliphatic carbocycles. The van der Waals surface area contributed by atoms with E-state index >= 15 is 0 Å². The molecule has 2 aromatic rings. The Balaban J connectivity index is 0.000000171. The number of benzene rings is 1. The maximum atomic E-state index is 11.1. The molecule has 1 aromatic carbocycles. The highest BCUT2D eigenvalue weighted by Crippen LogP contribution is 2.40. The minimum atomic E-state index is -2.29. The average molecular weight is 435 g/mol. The van der Waals surface area contributed by atoms with Crippen LogP contribution >= 0.6 is 0 Å². The van der Waals surface area contributed by atoms with Crippen LogP contribution in [-0.4, -0.2) is 43.8 Å². The number of rotatable bonds is 5. The zero-order chi connectivity index (χ0) is 21.3. The summed E-state index contributed by atoms with van der Waals surface area (Å²) in [6.07, 6.45) is 9.57. The van der Waals surface area contributed by atoms with Crippen molar-refractivity contribution in [3.8, 4) is 0 Å². The van der Waals surface area contributed by atoms with Crippen LogP contribution in [0.2, 0.25) is 0 Å². The lowest BCUT2D eigenvalue weighted by Gasteiger charge is -2.31. The van der Waals surface area contributed by atoms with E-state index in [0.29, 0.717) is 12.2 Å². The predicted octanol–water partition coefficient (Wildman–Crippen LogP) is 1.82. The minimum Gasteiger partial charge on any atom is -0.755 e. The number of nitrogens with zero attached hydrogens (tertiary/aromatic N) is 3. The smallest absolute Gasteiger partial charge is 0.316 e. The maximum absolute atomic E-state index is 11.1. The molecule has 2 unspecified atom stereocenters. The van der Waals surface area contributed by atoms with E-state index in [-0.39, 0.29) is 7.53 Å². The third-order valence-electron chi connectivity index (χ3n) is 5.82. The molecule has 0 radical (unpaired) electrons. The third-order valence-corrected chi connectivity index (χ3v) is 6.54. The van der Waals surface area contributed by atoms with Crippen molar-refractivity contribution in [1.29, 1.82) is 0 Å². The lowest BCUT2D eigenvalue weighted by molar-refractivity contribution is 0.118. The number of nitrogens with two attached hydrogens (primary N) is 1. The molecule has 2 heterocycles. The number of urea groups is 1. The quantitative estimate of drug-likeness (QED) is 0.694. The van der Waals surface area contributed by atoms with Crippen molar-refractivity contribution in [1.82, 2.24) is 9.78 Å². The highest BCUT2D eigenvalue weighted by molar-refractivity contribution is 7.80. The summed E-state index contributed by atoms with van der Waals surface area (Å²) in [5.74, 6) is 0. The normalized spacial score (nSPS) is 19.3. The minimum absolute atomic E-state index is 0. The van der Waals surface area contributed by atoms with Crippen LogP contribution in [0.15, 0.2) is 18.5 Å². The second-order valence-electron chi connectivity index (χ2n) is 7.80. The van der Waals surface area contributed by atoms with Crippen LogP contribution in [-0.2, 0) is 48.7 Å². The lowest BCUT2D eigenvalue weighted by Crippen LogP contribution is -2.33. The van der Waals surface area contributed by atoms with Gasteiger partial charge < -0.3 is 20.3 Å². The molecule has 9 nitrogen and oxygen atoms in total. The molecule has 10 heteroatoms. The van der Waals surface area contributed by atoms with Crippen LogP contribution in [0.25, 0.3) is 0 Å². The highest BCUT2D eigenvalue weighted by Gasteiger charge is 2.27. The molecule has 0 spiro atoms. The second kappa shape index (κ2) is 8.75. The van der Waals surface area contributed by atoms with Crippen molar-refractivity contribution >= 4 is 28.7 Å². The molecule has 0 bridgehead atoms. The summed E-state index contributed by atoms with van der Waals surface area (Å²) in [5.41, 5.74) is 12.2. The van der Waals surface area contributed by atoms with Crippen molar-refractivity contribution in [3.63, 3.8) is 0 Å². The van der Waals surface area contributed by atoms with Gasteiger partial charge >= 0.3 is 6.03 Å². The Bertz CT molecular complexity index is 946. The molecule has 5 rings (SSSR count). The van der Waals surface area contributed by atoms with Gasteiger partial charge in [-0.15, -0.1) is 0 Å². The Morgan fingerprint density at radius 2 is 2.10 bits per heavy atom.